The summed E-state index contributed by atoms with van der Waals surface area (Å²) in [4.78, 5) is 17.5. The number of aryl methyl sites for hydroxylation is 1. The summed E-state index contributed by atoms with van der Waals surface area (Å²) < 4.78 is 8.15. The Morgan fingerprint density at radius 3 is 2.33 bits per heavy atom. The fraction of sp³-hybridized carbons (Fsp3) is 0.0968. The minimum absolute atomic E-state index is 0.0437. The number of pyridine rings is 1. The number of ether oxygens (including phenoxy) is 1. The molecule has 1 aliphatic heterocycles. The van der Waals surface area contributed by atoms with Gasteiger partial charge in [0.1, 0.15) is 17.5 Å². The molecular formula is C31H25N5O3S. The largest absolute Gasteiger partial charge is 0.457 e. The van der Waals surface area contributed by atoms with Crippen molar-refractivity contribution in [2.75, 3.05) is 4.90 Å². The molecule has 9 heteroatoms. The average Bonchev–Trinajstić information content (AvgIpc) is 3.59. The second-order valence-corrected chi connectivity index (χ2v) is 9.82. The maximum absolute atomic E-state index is 11.2. The number of nitro benzene ring substituents is 1. The highest BCUT2D eigenvalue weighted by Crippen LogP contribution is 2.42. The molecular weight excluding hydrogens is 522 g/mol. The SMILES string of the molecule is Cc1ccccc1Oc1ccc(N2C(=S)NC(c3ccccn3)C2c2cccn2-c2ccc([N+](=O)[O-])cc2)cc1. The summed E-state index contributed by atoms with van der Waals surface area (Å²) in [5, 5.41) is 15.3. The number of hydrogen-bond donors (Lipinski definition) is 1. The van der Waals surface area contributed by atoms with Crippen molar-refractivity contribution in [2.45, 2.75) is 19.0 Å². The van der Waals surface area contributed by atoms with Crippen molar-refractivity contribution in [1.82, 2.24) is 14.9 Å². The first kappa shape index (κ1) is 25.3. The number of anilines is 1. The van der Waals surface area contributed by atoms with E-state index >= 15 is 0 Å². The molecule has 2 atom stereocenters. The van der Waals surface area contributed by atoms with Crippen LogP contribution in [0.25, 0.3) is 5.69 Å². The molecule has 0 saturated carbocycles. The number of nitrogens with one attached hydrogen (secondary N) is 1. The lowest BCUT2D eigenvalue weighted by molar-refractivity contribution is -0.384. The van der Waals surface area contributed by atoms with Crippen LogP contribution in [0.15, 0.2) is 116 Å². The predicted molar refractivity (Wildman–Crippen MR) is 158 cm³/mol. The third-order valence-electron chi connectivity index (χ3n) is 6.96. The standard InChI is InChI=1S/C31H25N5O3S/c1-21-7-2-3-10-28(21)39-25-17-15-23(16-18-25)35-30(29(33-31(35)40)26-8-4-5-19-32-26)27-9-6-20-34(27)22-11-13-24(14-12-22)36(37)38/h2-20,29-30H,1H3,(H,33,40). The summed E-state index contributed by atoms with van der Waals surface area (Å²) in [6.45, 7) is 2.01. The zero-order valence-electron chi connectivity index (χ0n) is 21.5. The second-order valence-electron chi connectivity index (χ2n) is 9.43. The number of hydrogen-bond acceptors (Lipinski definition) is 5. The zero-order chi connectivity index (χ0) is 27.6. The van der Waals surface area contributed by atoms with E-state index in [-0.39, 0.29) is 17.8 Å². The molecule has 8 nitrogen and oxygen atoms in total. The van der Waals surface area contributed by atoms with Gasteiger partial charge in [0.15, 0.2) is 5.11 Å². The van der Waals surface area contributed by atoms with E-state index in [1.54, 1.807) is 18.3 Å². The van der Waals surface area contributed by atoms with Gasteiger partial charge in [0.25, 0.3) is 5.69 Å². The molecule has 1 fully saturated rings. The Morgan fingerprint density at radius 2 is 1.62 bits per heavy atom. The van der Waals surface area contributed by atoms with Crippen LogP contribution >= 0.6 is 12.2 Å². The smallest absolute Gasteiger partial charge is 0.269 e. The van der Waals surface area contributed by atoms with Gasteiger partial charge in [-0.3, -0.25) is 15.1 Å². The minimum Gasteiger partial charge on any atom is -0.457 e. The first-order chi connectivity index (χ1) is 19.5. The highest BCUT2D eigenvalue weighted by atomic mass is 32.1. The zero-order valence-corrected chi connectivity index (χ0v) is 22.4. The highest BCUT2D eigenvalue weighted by molar-refractivity contribution is 7.80. The topological polar surface area (TPSA) is 85.5 Å². The van der Waals surface area contributed by atoms with E-state index in [1.165, 1.54) is 12.1 Å². The normalized spacial score (nSPS) is 16.5. The lowest BCUT2D eigenvalue weighted by Gasteiger charge is -2.29. The number of nitrogens with zero attached hydrogens (tertiary/aromatic N) is 4. The molecule has 0 aliphatic carbocycles. The maximum Gasteiger partial charge on any atom is 0.269 e. The van der Waals surface area contributed by atoms with Crippen molar-refractivity contribution in [2.24, 2.45) is 0 Å². The van der Waals surface area contributed by atoms with Gasteiger partial charge in [0.05, 0.1) is 16.7 Å². The first-order valence-corrected chi connectivity index (χ1v) is 13.2. The van der Waals surface area contributed by atoms with Gasteiger partial charge in [-0.25, -0.2) is 0 Å². The fourth-order valence-electron chi connectivity index (χ4n) is 5.01. The molecule has 1 N–H and O–H groups in total. The lowest BCUT2D eigenvalue weighted by Crippen LogP contribution is -2.30. The van der Waals surface area contributed by atoms with Crippen LogP contribution in [0.1, 0.15) is 29.0 Å². The molecule has 5 aromatic rings. The molecule has 3 aromatic carbocycles. The van der Waals surface area contributed by atoms with E-state index in [1.807, 2.05) is 96.6 Å². The van der Waals surface area contributed by atoms with Crippen molar-refractivity contribution in [3.05, 3.63) is 143 Å². The molecule has 2 unspecified atom stereocenters. The van der Waals surface area contributed by atoms with Gasteiger partial charge >= 0.3 is 0 Å². The molecule has 1 aliphatic rings. The number of benzene rings is 3. The number of para-hydroxylation sites is 1. The monoisotopic (exact) mass is 547 g/mol. The summed E-state index contributed by atoms with van der Waals surface area (Å²) >= 11 is 5.88. The summed E-state index contributed by atoms with van der Waals surface area (Å²) in [5.74, 6) is 1.53. The fourth-order valence-corrected chi connectivity index (χ4v) is 5.36. The van der Waals surface area contributed by atoms with Gasteiger partial charge in [0.2, 0.25) is 0 Å². The minimum atomic E-state index is -0.398. The van der Waals surface area contributed by atoms with Crippen LogP contribution in [-0.2, 0) is 0 Å². The average molecular weight is 548 g/mol. The third kappa shape index (κ3) is 4.78. The van der Waals surface area contributed by atoms with Crippen molar-refractivity contribution < 1.29 is 9.66 Å². The van der Waals surface area contributed by atoms with Gasteiger partial charge in [-0.15, -0.1) is 0 Å². The summed E-state index contributed by atoms with van der Waals surface area (Å²) in [6.07, 6.45) is 3.72. The number of rotatable bonds is 7. The maximum atomic E-state index is 11.2. The third-order valence-corrected chi connectivity index (χ3v) is 7.27. The van der Waals surface area contributed by atoms with E-state index < -0.39 is 4.92 Å². The van der Waals surface area contributed by atoms with Crippen LogP contribution in [0.5, 0.6) is 11.5 Å². The first-order valence-electron chi connectivity index (χ1n) is 12.8. The van der Waals surface area contributed by atoms with Crippen LogP contribution in [0.2, 0.25) is 0 Å². The van der Waals surface area contributed by atoms with Crippen molar-refractivity contribution in [3.63, 3.8) is 0 Å². The molecule has 0 spiro atoms. The van der Waals surface area contributed by atoms with E-state index in [4.69, 9.17) is 17.0 Å². The Kier molecular flexibility index (Phi) is 6.71. The Hall–Kier alpha value is -5.02. The summed E-state index contributed by atoms with van der Waals surface area (Å²) in [5.41, 5.74) is 4.62. The lowest BCUT2D eigenvalue weighted by atomic mass is 10.0. The molecule has 1 saturated heterocycles. The molecule has 6 rings (SSSR count). The molecule has 198 valence electrons. The Balaban J connectivity index is 1.39. The van der Waals surface area contributed by atoms with Gasteiger partial charge in [-0.05, 0) is 91.4 Å². The molecule has 0 bridgehead atoms. The number of aromatic nitrogens is 2. The van der Waals surface area contributed by atoms with Crippen molar-refractivity contribution in [3.8, 4) is 17.2 Å². The summed E-state index contributed by atoms with van der Waals surface area (Å²) in [6, 6.07) is 31.6. The Bertz CT molecular complexity index is 1670. The van der Waals surface area contributed by atoms with E-state index in [0.29, 0.717) is 5.11 Å². The molecule has 0 radical (unpaired) electrons. The highest BCUT2D eigenvalue weighted by Gasteiger charge is 2.42. The van der Waals surface area contributed by atoms with Gasteiger partial charge in [-0.1, -0.05) is 24.3 Å². The molecule has 40 heavy (non-hydrogen) atoms. The van der Waals surface area contributed by atoms with Crippen LogP contribution in [0.4, 0.5) is 11.4 Å². The van der Waals surface area contributed by atoms with E-state index in [0.717, 1.165) is 39.8 Å². The van der Waals surface area contributed by atoms with Crippen LogP contribution in [-0.4, -0.2) is 19.6 Å². The van der Waals surface area contributed by atoms with Crippen molar-refractivity contribution in [1.29, 1.82) is 0 Å². The Labute approximate surface area is 236 Å². The number of nitro groups is 1. The molecule has 2 aromatic heterocycles. The predicted octanol–water partition coefficient (Wildman–Crippen LogP) is 7.06. The van der Waals surface area contributed by atoms with E-state index in [2.05, 4.69) is 15.2 Å². The second kappa shape index (κ2) is 10.6. The number of thiocarbonyl (C=S) groups is 1. The van der Waals surface area contributed by atoms with Gasteiger partial charge in [-0.2, -0.15) is 0 Å². The molecule has 0 amide bonds. The van der Waals surface area contributed by atoms with Crippen LogP contribution in [0, 0.1) is 17.0 Å². The van der Waals surface area contributed by atoms with Crippen LogP contribution in [0.3, 0.4) is 0 Å². The van der Waals surface area contributed by atoms with Crippen molar-refractivity contribution >= 4 is 28.7 Å². The quantitative estimate of drug-likeness (QED) is 0.133. The molecule has 3 heterocycles. The van der Waals surface area contributed by atoms with Gasteiger partial charge in [0, 0.05) is 41.6 Å². The van der Waals surface area contributed by atoms with Gasteiger partial charge < -0.3 is 19.5 Å². The number of non-ortho nitro benzene ring substituents is 1. The van der Waals surface area contributed by atoms with E-state index in [9.17, 15) is 10.1 Å². The Morgan fingerprint density at radius 1 is 0.900 bits per heavy atom. The summed E-state index contributed by atoms with van der Waals surface area (Å²) in [7, 11) is 0. The van der Waals surface area contributed by atoms with Crippen LogP contribution < -0.4 is 15.0 Å².